The number of carbonyl (C=O) groups excluding carboxylic acids is 1. The van der Waals surface area contributed by atoms with Crippen LogP contribution in [0.1, 0.15) is 49.2 Å². The van der Waals surface area contributed by atoms with Gasteiger partial charge in [0, 0.05) is 6.54 Å². The lowest BCUT2D eigenvalue weighted by atomic mass is 9.76. The minimum absolute atomic E-state index is 0.0238. The lowest BCUT2D eigenvalue weighted by Gasteiger charge is -2.32. The Bertz CT molecular complexity index is 1040. The Morgan fingerprint density at radius 1 is 1.06 bits per heavy atom. The van der Waals surface area contributed by atoms with E-state index in [0.717, 1.165) is 5.56 Å². The molecule has 0 unspecified atom stereocenters. The van der Waals surface area contributed by atoms with Crippen molar-refractivity contribution in [3.05, 3.63) is 75.7 Å². The molecule has 174 valence electrons. The topological polar surface area (TPSA) is 94.1 Å². The van der Waals surface area contributed by atoms with Gasteiger partial charge in [0.2, 0.25) is 0 Å². The molecule has 1 saturated heterocycles. The predicted octanol–water partition coefficient (Wildman–Crippen LogP) is 4.98. The molecular formula is C24H27BClNO6. The van der Waals surface area contributed by atoms with E-state index in [2.05, 4.69) is 5.32 Å². The zero-order valence-corrected chi connectivity index (χ0v) is 19.8. The van der Waals surface area contributed by atoms with Crippen LogP contribution in [-0.2, 0) is 20.7 Å². The fourth-order valence-electron chi connectivity index (χ4n) is 3.23. The van der Waals surface area contributed by atoms with E-state index < -0.39 is 30.4 Å². The summed E-state index contributed by atoms with van der Waals surface area (Å²) < 4.78 is 17.5. The van der Waals surface area contributed by atoms with Crippen LogP contribution in [0.5, 0.6) is 0 Å². The Hall–Kier alpha value is -2.81. The van der Waals surface area contributed by atoms with Gasteiger partial charge in [-0.25, -0.2) is 9.59 Å². The first-order valence-corrected chi connectivity index (χ1v) is 10.9. The molecule has 1 aliphatic rings. The average Bonchev–Trinajstić information content (AvgIpc) is 2.96. The van der Waals surface area contributed by atoms with Crippen LogP contribution < -0.4 is 5.32 Å². The summed E-state index contributed by atoms with van der Waals surface area (Å²) in [5.41, 5.74) is 0.483. The number of hydrogen-bond donors (Lipinski definition) is 2. The molecule has 1 aliphatic heterocycles. The number of rotatable bonds is 7. The molecule has 0 saturated carbocycles. The summed E-state index contributed by atoms with van der Waals surface area (Å²) in [6.45, 7) is 7.79. The summed E-state index contributed by atoms with van der Waals surface area (Å²) in [5, 5.41) is 12.4. The molecule has 1 fully saturated rings. The van der Waals surface area contributed by atoms with Crippen molar-refractivity contribution in [1.82, 2.24) is 5.32 Å². The summed E-state index contributed by atoms with van der Waals surface area (Å²) in [5.74, 6) is -1.16. The first-order chi connectivity index (χ1) is 15.5. The van der Waals surface area contributed by atoms with Gasteiger partial charge in [-0.3, -0.25) is 0 Å². The Labute approximate surface area is 198 Å². The number of hydrogen-bond acceptors (Lipinski definition) is 5. The van der Waals surface area contributed by atoms with Gasteiger partial charge < -0.3 is 24.5 Å². The highest BCUT2D eigenvalue weighted by atomic mass is 35.5. The van der Waals surface area contributed by atoms with Crippen molar-refractivity contribution in [2.24, 2.45) is 0 Å². The number of carboxylic acid groups (broad SMARTS) is 1. The van der Waals surface area contributed by atoms with Crippen LogP contribution >= 0.6 is 11.6 Å². The Balaban J connectivity index is 1.83. The van der Waals surface area contributed by atoms with Crippen LogP contribution in [0.25, 0.3) is 6.08 Å². The van der Waals surface area contributed by atoms with Crippen molar-refractivity contribution in [1.29, 1.82) is 0 Å². The van der Waals surface area contributed by atoms with Crippen LogP contribution in [0.15, 0.2) is 54.0 Å². The molecule has 3 rings (SSSR count). The third-order valence-corrected chi connectivity index (χ3v) is 6.12. The number of carboxylic acids is 1. The van der Waals surface area contributed by atoms with E-state index >= 15 is 0 Å². The Kier molecular flexibility index (Phi) is 7.52. The second-order valence-corrected chi connectivity index (χ2v) is 9.14. The summed E-state index contributed by atoms with van der Waals surface area (Å²) in [6, 6.07) is 14.1. The maximum absolute atomic E-state index is 12.3. The number of benzene rings is 2. The Morgan fingerprint density at radius 2 is 1.70 bits per heavy atom. The maximum atomic E-state index is 12.3. The van der Waals surface area contributed by atoms with E-state index in [0.29, 0.717) is 11.0 Å². The zero-order chi connectivity index (χ0) is 24.2. The van der Waals surface area contributed by atoms with Gasteiger partial charge in [-0.15, -0.1) is 0 Å². The molecule has 0 aromatic heterocycles. The van der Waals surface area contributed by atoms with E-state index in [-0.39, 0.29) is 23.7 Å². The van der Waals surface area contributed by atoms with Crippen molar-refractivity contribution >= 4 is 36.9 Å². The van der Waals surface area contributed by atoms with Crippen molar-refractivity contribution in [3.63, 3.8) is 0 Å². The lowest BCUT2D eigenvalue weighted by molar-refractivity contribution is 0.00578. The molecule has 2 aromatic carbocycles. The summed E-state index contributed by atoms with van der Waals surface area (Å²) in [7, 11) is -0.801. The monoisotopic (exact) mass is 471 g/mol. The van der Waals surface area contributed by atoms with Crippen LogP contribution in [0.4, 0.5) is 4.79 Å². The van der Waals surface area contributed by atoms with Crippen molar-refractivity contribution in [3.8, 4) is 0 Å². The van der Waals surface area contributed by atoms with Crippen molar-refractivity contribution < 1.29 is 28.7 Å². The van der Waals surface area contributed by atoms with Crippen LogP contribution in [0.2, 0.25) is 5.02 Å². The van der Waals surface area contributed by atoms with E-state index in [1.165, 1.54) is 6.07 Å². The molecule has 0 radical (unpaired) electrons. The van der Waals surface area contributed by atoms with Gasteiger partial charge in [0.15, 0.2) is 0 Å². The van der Waals surface area contributed by atoms with Gasteiger partial charge in [-0.05, 0) is 50.4 Å². The molecule has 9 heteroatoms. The van der Waals surface area contributed by atoms with Crippen molar-refractivity contribution in [2.75, 3.05) is 6.54 Å². The largest absolute Gasteiger partial charge is 0.492 e. The molecule has 2 N–H and O–H groups in total. The third-order valence-electron chi connectivity index (χ3n) is 5.81. The number of amides is 1. The minimum atomic E-state index is -1.16. The molecule has 1 heterocycles. The lowest BCUT2D eigenvalue weighted by Crippen LogP contribution is -2.41. The number of aromatic carboxylic acids is 1. The molecule has 0 atom stereocenters. The number of ether oxygens (including phenoxy) is 1. The molecule has 7 nitrogen and oxygen atoms in total. The van der Waals surface area contributed by atoms with Gasteiger partial charge in [0.1, 0.15) is 6.61 Å². The molecule has 0 aliphatic carbocycles. The quantitative estimate of drug-likeness (QED) is 0.553. The number of carbonyl (C=O) groups is 2. The van der Waals surface area contributed by atoms with E-state index in [4.69, 9.17) is 25.6 Å². The minimum Gasteiger partial charge on any atom is -0.478 e. The highest BCUT2D eigenvalue weighted by molar-refractivity contribution is 6.56. The third kappa shape index (κ3) is 5.96. The van der Waals surface area contributed by atoms with Crippen molar-refractivity contribution in [2.45, 2.75) is 45.5 Å². The number of halogens is 1. The second kappa shape index (κ2) is 9.99. The smallest absolute Gasteiger partial charge is 0.478 e. The molecular weight excluding hydrogens is 445 g/mol. The fourth-order valence-corrected chi connectivity index (χ4v) is 3.49. The molecule has 0 spiro atoms. The zero-order valence-electron chi connectivity index (χ0n) is 19.1. The average molecular weight is 472 g/mol. The van der Waals surface area contributed by atoms with Gasteiger partial charge in [0.05, 0.1) is 21.8 Å². The van der Waals surface area contributed by atoms with Gasteiger partial charge in [-0.1, -0.05) is 60.1 Å². The first kappa shape index (κ1) is 24.8. The van der Waals surface area contributed by atoms with E-state index in [9.17, 15) is 14.7 Å². The highest BCUT2D eigenvalue weighted by Crippen LogP contribution is 2.39. The SMILES string of the molecule is CC1(C)OB(C(=Cc2cccc(Cl)c2C(=O)O)CNC(=O)OCc2ccccc2)OC1(C)C. The summed E-state index contributed by atoms with van der Waals surface area (Å²) >= 11 is 6.12. The number of alkyl carbamates (subject to hydrolysis) is 1. The van der Waals surface area contributed by atoms with E-state index in [1.807, 2.05) is 58.0 Å². The molecule has 2 aromatic rings. The molecule has 33 heavy (non-hydrogen) atoms. The van der Waals surface area contributed by atoms with Gasteiger partial charge >= 0.3 is 19.2 Å². The predicted molar refractivity (Wildman–Crippen MR) is 127 cm³/mol. The number of nitrogens with one attached hydrogen (secondary N) is 1. The Morgan fingerprint density at radius 3 is 2.30 bits per heavy atom. The second-order valence-electron chi connectivity index (χ2n) is 8.73. The first-order valence-electron chi connectivity index (χ1n) is 10.5. The molecule has 1 amide bonds. The fraction of sp³-hybridized carbons (Fsp3) is 0.333. The summed E-state index contributed by atoms with van der Waals surface area (Å²) in [4.78, 5) is 24.1. The molecule has 0 bridgehead atoms. The van der Waals surface area contributed by atoms with Gasteiger partial charge in [-0.2, -0.15) is 0 Å². The summed E-state index contributed by atoms with van der Waals surface area (Å²) in [6.07, 6.45) is 1.00. The normalized spacial score (nSPS) is 17.0. The highest BCUT2D eigenvalue weighted by Gasteiger charge is 2.52. The van der Waals surface area contributed by atoms with Gasteiger partial charge in [0.25, 0.3) is 0 Å². The van der Waals surface area contributed by atoms with E-state index in [1.54, 1.807) is 18.2 Å². The standard InChI is InChI=1S/C24H27BClNO6/c1-23(2)24(3,4)33-25(32-23)18(13-17-11-8-12-19(26)20(17)21(28)29)14-27-22(30)31-15-16-9-6-5-7-10-16/h5-13H,14-15H2,1-4H3,(H,27,30)(H,28,29). The maximum Gasteiger partial charge on any atom is 0.492 e. The van der Waals surface area contributed by atoms with Crippen LogP contribution in [0.3, 0.4) is 0 Å². The van der Waals surface area contributed by atoms with Crippen LogP contribution in [0, 0.1) is 0 Å². The van der Waals surface area contributed by atoms with Crippen LogP contribution in [-0.4, -0.2) is 42.0 Å².